The van der Waals surface area contributed by atoms with E-state index in [0.717, 1.165) is 37.1 Å². The summed E-state index contributed by atoms with van der Waals surface area (Å²) in [4.78, 5) is 25.2. The first-order valence-corrected chi connectivity index (χ1v) is 10.8. The lowest BCUT2D eigenvalue weighted by atomic mass is 9.91. The number of hydrogen-bond donors (Lipinski definition) is 2. The Morgan fingerprint density at radius 2 is 1.73 bits per heavy atom. The molecule has 1 aliphatic carbocycles. The summed E-state index contributed by atoms with van der Waals surface area (Å²) in [5.74, 6) is 1.56. The standard InChI is InChI=1S/C21H28Cl2N6O/c1-13-12-24-20(27-19(13)28(2)3)25-14-5-7-15(8-6-14)26-21(30)29(4)16-9-10-17(22)18(23)11-16/h9-12,14-15H,5-8H2,1-4H3,(H,26,30)(H,24,25,27). The summed E-state index contributed by atoms with van der Waals surface area (Å²) in [6, 6.07) is 5.43. The summed E-state index contributed by atoms with van der Waals surface area (Å²) in [6.07, 6.45) is 5.51. The molecule has 0 atom stereocenters. The number of nitrogens with zero attached hydrogens (tertiary/aromatic N) is 4. The van der Waals surface area contributed by atoms with Gasteiger partial charge in [-0.25, -0.2) is 9.78 Å². The first kappa shape index (κ1) is 22.4. The lowest BCUT2D eigenvalue weighted by Gasteiger charge is -2.31. The maximum absolute atomic E-state index is 12.6. The highest BCUT2D eigenvalue weighted by Crippen LogP contribution is 2.27. The molecular formula is C21H28Cl2N6O. The highest BCUT2D eigenvalue weighted by atomic mass is 35.5. The van der Waals surface area contributed by atoms with E-state index in [0.29, 0.717) is 27.7 Å². The third-order valence-electron chi connectivity index (χ3n) is 5.35. The van der Waals surface area contributed by atoms with Crippen LogP contribution in [0.2, 0.25) is 10.0 Å². The summed E-state index contributed by atoms with van der Waals surface area (Å²) in [5, 5.41) is 7.45. The minimum Gasteiger partial charge on any atom is -0.362 e. The van der Waals surface area contributed by atoms with Crippen molar-refractivity contribution in [1.82, 2.24) is 15.3 Å². The molecular weight excluding hydrogens is 423 g/mol. The Kier molecular flexibility index (Phi) is 7.26. The van der Waals surface area contributed by atoms with E-state index in [1.807, 2.05) is 32.1 Å². The second-order valence-corrected chi connectivity index (χ2v) is 8.71. The van der Waals surface area contributed by atoms with E-state index < -0.39 is 0 Å². The average molecular weight is 451 g/mol. The molecule has 0 unspecified atom stereocenters. The van der Waals surface area contributed by atoms with Gasteiger partial charge in [-0.3, -0.25) is 4.90 Å². The van der Waals surface area contributed by atoms with Crippen LogP contribution >= 0.6 is 23.2 Å². The quantitative estimate of drug-likeness (QED) is 0.688. The molecule has 1 aromatic heterocycles. The molecule has 2 amide bonds. The molecule has 162 valence electrons. The average Bonchev–Trinajstić information content (AvgIpc) is 2.72. The molecule has 2 aromatic rings. The topological polar surface area (TPSA) is 73.4 Å². The third-order valence-corrected chi connectivity index (χ3v) is 6.09. The Balaban J connectivity index is 1.51. The SMILES string of the molecule is Cc1cnc(NC2CCC(NC(=O)N(C)c3ccc(Cl)c(Cl)c3)CC2)nc1N(C)C. The van der Waals surface area contributed by atoms with Gasteiger partial charge in [0.05, 0.1) is 10.0 Å². The molecule has 1 fully saturated rings. The van der Waals surface area contributed by atoms with Gasteiger partial charge in [-0.15, -0.1) is 0 Å². The second kappa shape index (κ2) is 9.71. The lowest BCUT2D eigenvalue weighted by Crippen LogP contribution is -2.45. The Morgan fingerprint density at radius 3 is 2.37 bits per heavy atom. The van der Waals surface area contributed by atoms with Gasteiger partial charge in [-0.1, -0.05) is 23.2 Å². The van der Waals surface area contributed by atoms with Crippen molar-refractivity contribution in [3.63, 3.8) is 0 Å². The van der Waals surface area contributed by atoms with Crippen molar-refractivity contribution < 1.29 is 4.79 Å². The van der Waals surface area contributed by atoms with E-state index in [1.54, 1.807) is 30.1 Å². The van der Waals surface area contributed by atoms with Crippen molar-refractivity contribution in [2.45, 2.75) is 44.7 Å². The van der Waals surface area contributed by atoms with Crippen LogP contribution in [-0.4, -0.2) is 49.2 Å². The number of anilines is 3. The van der Waals surface area contributed by atoms with Gasteiger partial charge in [0, 0.05) is 50.7 Å². The predicted octanol–water partition coefficient (Wildman–Crippen LogP) is 4.73. The second-order valence-electron chi connectivity index (χ2n) is 7.89. The van der Waals surface area contributed by atoms with Gasteiger partial charge < -0.3 is 15.5 Å². The molecule has 1 aliphatic rings. The molecule has 9 heteroatoms. The molecule has 0 saturated heterocycles. The van der Waals surface area contributed by atoms with Crippen molar-refractivity contribution in [1.29, 1.82) is 0 Å². The molecule has 3 rings (SSSR count). The molecule has 1 saturated carbocycles. The monoisotopic (exact) mass is 450 g/mol. The van der Waals surface area contributed by atoms with Crippen molar-refractivity contribution in [3.05, 3.63) is 40.0 Å². The van der Waals surface area contributed by atoms with Crippen molar-refractivity contribution in [2.75, 3.05) is 36.3 Å². The fourth-order valence-electron chi connectivity index (χ4n) is 3.60. The number of carbonyl (C=O) groups is 1. The minimum absolute atomic E-state index is 0.136. The number of halogens is 2. The summed E-state index contributed by atoms with van der Waals surface area (Å²) in [6.45, 7) is 2.00. The van der Waals surface area contributed by atoms with Gasteiger partial charge in [-0.05, 0) is 50.8 Å². The smallest absolute Gasteiger partial charge is 0.321 e. The molecule has 0 spiro atoms. The number of nitrogens with one attached hydrogen (secondary N) is 2. The van der Waals surface area contributed by atoms with Crippen LogP contribution in [0.5, 0.6) is 0 Å². The van der Waals surface area contributed by atoms with Crippen molar-refractivity contribution in [3.8, 4) is 0 Å². The Bertz CT molecular complexity index is 899. The molecule has 1 aromatic carbocycles. The van der Waals surface area contributed by atoms with E-state index in [4.69, 9.17) is 23.2 Å². The maximum Gasteiger partial charge on any atom is 0.321 e. The zero-order valence-electron chi connectivity index (χ0n) is 17.7. The highest BCUT2D eigenvalue weighted by Gasteiger charge is 2.24. The van der Waals surface area contributed by atoms with Gasteiger partial charge >= 0.3 is 6.03 Å². The first-order valence-electron chi connectivity index (χ1n) is 10.0. The number of benzene rings is 1. The largest absolute Gasteiger partial charge is 0.362 e. The van der Waals surface area contributed by atoms with Crippen LogP contribution in [0.3, 0.4) is 0 Å². The van der Waals surface area contributed by atoms with Crippen LogP contribution in [0.1, 0.15) is 31.2 Å². The molecule has 0 bridgehead atoms. The Hall–Kier alpha value is -2.25. The number of urea groups is 1. The van der Waals surface area contributed by atoms with E-state index in [9.17, 15) is 4.79 Å². The number of hydrogen-bond acceptors (Lipinski definition) is 5. The van der Waals surface area contributed by atoms with Crippen LogP contribution in [0.4, 0.5) is 22.2 Å². The number of aromatic nitrogens is 2. The first-order chi connectivity index (χ1) is 14.2. The Labute approximate surface area is 187 Å². The fraction of sp³-hybridized carbons (Fsp3) is 0.476. The maximum atomic E-state index is 12.6. The van der Waals surface area contributed by atoms with Crippen LogP contribution in [0, 0.1) is 6.92 Å². The normalized spacial score (nSPS) is 18.6. The summed E-state index contributed by atoms with van der Waals surface area (Å²) in [5.41, 5.74) is 1.74. The zero-order valence-corrected chi connectivity index (χ0v) is 19.3. The summed E-state index contributed by atoms with van der Waals surface area (Å²) < 4.78 is 0. The van der Waals surface area contributed by atoms with Gasteiger partial charge in [0.1, 0.15) is 5.82 Å². The van der Waals surface area contributed by atoms with E-state index in [-0.39, 0.29) is 12.1 Å². The molecule has 1 heterocycles. The van der Waals surface area contributed by atoms with E-state index in [1.165, 1.54) is 0 Å². The Morgan fingerprint density at radius 1 is 1.07 bits per heavy atom. The number of carbonyl (C=O) groups excluding carboxylic acids is 1. The number of aryl methyl sites for hydroxylation is 1. The summed E-state index contributed by atoms with van der Waals surface area (Å²) >= 11 is 12.0. The lowest BCUT2D eigenvalue weighted by molar-refractivity contribution is 0.238. The minimum atomic E-state index is -0.151. The predicted molar refractivity (Wildman–Crippen MR) is 124 cm³/mol. The molecule has 30 heavy (non-hydrogen) atoms. The van der Waals surface area contributed by atoms with Crippen molar-refractivity contribution >= 4 is 46.7 Å². The van der Waals surface area contributed by atoms with Gasteiger partial charge in [0.25, 0.3) is 0 Å². The van der Waals surface area contributed by atoms with E-state index >= 15 is 0 Å². The zero-order chi connectivity index (χ0) is 21.8. The fourth-order valence-corrected chi connectivity index (χ4v) is 3.89. The molecule has 0 aliphatic heterocycles. The molecule has 2 N–H and O–H groups in total. The van der Waals surface area contributed by atoms with Gasteiger partial charge in [0.2, 0.25) is 5.95 Å². The third kappa shape index (κ3) is 5.46. The number of amides is 2. The van der Waals surface area contributed by atoms with Crippen LogP contribution in [-0.2, 0) is 0 Å². The number of rotatable bonds is 5. The van der Waals surface area contributed by atoms with Gasteiger partial charge in [-0.2, -0.15) is 4.98 Å². The van der Waals surface area contributed by atoms with Gasteiger partial charge in [0.15, 0.2) is 0 Å². The van der Waals surface area contributed by atoms with Crippen LogP contribution < -0.4 is 20.4 Å². The van der Waals surface area contributed by atoms with Crippen LogP contribution in [0.15, 0.2) is 24.4 Å². The molecule has 7 nitrogen and oxygen atoms in total. The highest BCUT2D eigenvalue weighted by molar-refractivity contribution is 6.42. The van der Waals surface area contributed by atoms with Crippen LogP contribution in [0.25, 0.3) is 0 Å². The molecule has 0 radical (unpaired) electrons. The van der Waals surface area contributed by atoms with Crippen molar-refractivity contribution in [2.24, 2.45) is 0 Å². The van der Waals surface area contributed by atoms with E-state index in [2.05, 4.69) is 20.6 Å². The summed E-state index contributed by atoms with van der Waals surface area (Å²) in [7, 11) is 5.67.